The van der Waals surface area contributed by atoms with Gasteiger partial charge < -0.3 is 15.6 Å². The van der Waals surface area contributed by atoms with Gasteiger partial charge in [-0.2, -0.15) is 0 Å². The lowest BCUT2D eigenvalue weighted by atomic mass is 9.96. The van der Waals surface area contributed by atoms with Crippen molar-refractivity contribution in [2.24, 2.45) is 5.73 Å². The first kappa shape index (κ1) is 18.2. The standard InChI is InChI=1S/C19H28N4O/c1-5-9-19(4,20)18(24)22-16-8-6-7-15(12-16)13-23-11-10-21-17(23)14(2)3/h6-8,10-12,14H,5,9,13,20H2,1-4H3,(H,22,24). The van der Waals surface area contributed by atoms with Crippen LogP contribution in [0.1, 0.15) is 57.8 Å². The van der Waals surface area contributed by atoms with E-state index >= 15 is 0 Å². The molecule has 0 aliphatic heterocycles. The second-order valence-corrected chi connectivity index (χ2v) is 6.89. The number of carbonyl (C=O) groups excluding carboxylic acids is 1. The second-order valence-electron chi connectivity index (χ2n) is 6.89. The summed E-state index contributed by atoms with van der Waals surface area (Å²) in [5.74, 6) is 1.28. The number of rotatable bonds is 7. The maximum atomic E-state index is 12.3. The number of hydrogen-bond acceptors (Lipinski definition) is 3. The molecule has 0 aliphatic carbocycles. The molecule has 0 saturated heterocycles. The molecule has 1 heterocycles. The van der Waals surface area contributed by atoms with E-state index in [4.69, 9.17) is 5.73 Å². The molecule has 0 aliphatic rings. The summed E-state index contributed by atoms with van der Waals surface area (Å²) in [5.41, 5.74) is 7.14. The van der Waals surface area contributed by atoms with Crippen LogP contribution >= 0.6 is 0 Å². The first-order valence-electron chi connectivity index (χ1n) is 8.53. The number of imidazole rings is 1. The molecular formula is C19H28N4O. The summed E-state index contributed by atoms with van der Waals surface area (Å²) in [6.45, 7) is 8.79. The van der Waals surface area contributed by atoms with Crippen LogP contribution in [0, 0.1) is 0 Å². The lowest BCUT2D eigenvalue weighted by molar-refractivity contribution is -0.120. The van der Waals surface area contributed by atoms with Crippen LogP contribution in [0.3, 0.4) is 0 Å². The smallest absolute Gasteiger partial charge is 0.244 e. The van der Waals surface area contributed by atoms with E-state index in [9.17, 15) is 4.79 Å². The third-order valence-corrected chi connectivity index (χ3v) is 4.09. The van der Waals surface area contributed by atoms with E-state index in [0.29, 0.717) is 12.3 Å². The Balaban J connectivity index is 2.12. The minimum atomic E-state index is -0.847. The van der Waals surface area contributed by atoms with Crippen LogP contribution in [0.25, 0.3) is 0 Å². The first-order chi connectivity index (χ1) is 11.3. The number of nitrogens with one attached hydrogen (secondary N) is 1. The average molecular weight is 328 g/mol. The number of amides is 1. The maximum Gasteiger partial charge on any atom is 0.244 e. The van der Waals surface area contributed by atoms with Crippen molar-refractivity contribution in [1.82, 2.24) is 9.55 Å². The molecule has 2 rings (SSSR count). The largest absolute Gasteiger partial charge is 0.330 e. The van der Waals surface area contributed by atoms with Crippen molar-refractivity contribution in [2.75, 3.05) is 5.32 Å². The van der Waals surface area contributed by atoms with Gasteiger partial charge >= 0.3 is 0 Å². The first-order valence-corrected chi connectivity index (χ1v) is 8.53. The quantitative estimate of drug-likeness (QED) is 0.817. The minimum absolute atomic E-state index is 0.146. The summed E-state index contributed by atoms with van der Waals surface area (Å²) in [5, 5.41) is 2.94. The molecule has 3 N–H and O–H groups in total. The molecule has 1 aromatic carbocycles. The fraction of sp³-hybridized carbons (Fsp3) is 0.474. The van der Waals surface area contributed by atoms with Gasteiger partial charge in [-0.25, -0.2) is 4.98 Å². The van der Waals surface area contributed by atoms with E-state index in [-0.39, 0.29) is 5.91 Å². The van der Waals surface area contributed by atoms with Gasteiger partial charge in [0.15, 0.2) is 0 Å². The monoisotopic (exact) mass is 328 g/mol. The van der Waals surface area contributed by atoms with E-state index < -0.39 is 5.54 Å². The van der Waals surface area contributed by atoms with E-state index in [1.54, 1.807) is 6.92 Å². The Kier molecular flexibility index (Phi) is 5.78. The van der Waals surface area contributed by atoms with E-state index in [1.165, 1.54) is 0 Å². The van der Waals surface area contributed by atoms with Gasteiger partial charge in [0.1, 0.15) is 5.82 Å². The highest BCUT2D eigenvalue weighted by Gasteiger charge is 2.27. The number of nitrogens with zero attached hydrogens (tertiary/aromatic N) is 2. The van der Waals surface area contributed by atoms with Crippen molar-refractivity contribution in [2.45, 2.75) is 58.5 Å². The van der Waals surface area contributed by atoms with Crippen LogP contribution < -0.4 is 11.1 Å². The lowest BCUT2D eigenvalue weighted by Crippen LogP contribution is -2.48. The Morgan fingerprint density at radius 3 is 2.83 bits per heavy atom. The second kappa shape index (κ2) is 7.62. The number of carbonyl (C=O) groups is 1. The molecule has 2 aromatic rings. The predicted octanol–water partition coefficient (Wildman–Crippen LogP) is 3.51. The maximum absolute atomic E-state index is 12.3. The molecular weight excluding hydrogens is 300 g/mol. The van der Waals surface area contributed by atoms with Crippen molar-refractivity contribution in [3.05, 3.63) is 48.0 Å². The summed E-state index contributed by atoms with van der Waals surface area (Å²) < 4.78 is 2.13. The molecule has 0 fully saturated rings. The number of anilines is 1. The zero-order valence-corrected chi connectivity index (χ0v) is 15.0. The third-order valence-electron chi connectivity index (χ3n) is 4.09. The van der Waals surface area contributed by atoms with Gasteiger partial charge in [-0.05, 0) is 31.0 Å². The van der Waals surface area contributed by atoms with Crippen LogP contribution in [0.2, 0.25) is 0 Å². The van der Waals surface area contributed by atoms with Crippen LogP contribution in [0.5, 0.6) is 0 Å². The molecule has 0 bridgehead atoms. The van der Waals surface area contributed by atoms with Gasteiger partial charge in [0, 0.05) is 30.5 Å². The van der Waals surface area contributed by atoms with Gasteiger partial charge in [0.25, 0.3) is 0 Å². The Morgan fingerprint density at radius 2 is 2.17 bits per heavy atom. The van der Waals surface area contributed by atoms with Gasteiger partial charge in [0.05, 0.1) is 5.54 Å². The zero-order chi connectivity index (χ0) is 17.7. The lowest BCUT2D eigenvalue weighted by Gasteiger charge is -2.23. The summed E-state index contributed by atoms with van der Waals surface area (Å²) in [4.78, 5) is 16.8. The molecule has 0 radical (unpaired) electrons. The third kappa shape index (κ3) is 4.45. The van der Waals surface area contributed by atoms with E-state index in [1.807, 2.05) is 43.6 Å². The van der Waals surface area contributed by atoms with Crippen molar-refractivity contribution in [3.8, 4) is 0 Å². The van der Waals surface area contributed by atoms with Crippen LogP contribution in [0.15, 0.2) is 36.7 Å². The van der Waals surface area contributed by atoms with Gasteiger partial charge in [0.2, 0.25) is 5.91 Å². The minimum Gasteiger partial charge on any atom is -0.330 e. The Morgan fingerprint density at radius 1 is 1.42 bits per heavy atom. The molecule has 5 nitrogen and oxygen atoms in total. The van der Waals surface area contributed by atoms with Crippen molar-refractivity contribution in [3.63, 3.8) is 0 Å². The van der Waals surface area contributed by atoms with E-state index in [2.05, 4.69) is 28.7 Å². The molecule has 24 heavy (non-hydrogen) atoms. The fourth-order valence-corrected chi connectivity index (χ4v) is 2.81. The summed E-state index contributed by atoms with van der Waals surface area (Å²) in [6.07, 6.45) is 5.34. The Bertz CT molecular complexity index is 688. The molecule has 5 heteroatoms. The van der Waals surface area contributed by atoms with Crippen LogP contribution in [-0.4, -0.2) is 21.0 Å². The normalized spacial score (nSPS) is 13.8. The fourth-order valence-electron chi connectivity index (χ4n) is 2.81. The number of benzene rings is 1. The highest BCUT2D eigenvalue weighted by Crippen LogP contribution is 2.18. The van der Waals surface area contributed by atoms with Crippen LogP contribution in [0.4, 0.5) is 5.69 Å². The van der Waals surface area contributed by atoms with Gasteiger partial charge in [-0.15, -0.1) is 0 Å². The Hall–Kier alpha value is -2.14. The SMILES string of the molecule is CCCC(C)(N)C(=O)Nc1cccc(Cn2ccnc2C(C)C)c1. The number of hydrogen-bond donors (Lipinski definition) is 2. The molecule has 0 saturated carbocycles. The molecule has 1 aromatic heterocycles. The summed E-state index contributed by atoms with van der Waals surface area (Å²) >= 11 is 0. The molecule has 0 spiro atoms. The topological polar surface area (TPSA) is 72.9 Å². The summed E-state index contributed by atoms with van der Waals surface area (Å²) in [6, 6.07) is 7.88. The van der Waals surface area contributed by atoms with Gasteiger partial charge in [-0.3, -0.25) is 4.79 Å². The van der Waals surface area contributed by atoms with Crippen molar-refractivity contribution >= 4 is 11.6 Å². The molecule has 1 amide bonds. The molecule has 1 atom stereocenters. The Labute approximate surface area is 144 Å². The summed E-state index contributed by atoms with van der Waals surface area (Å²) in [7, 11) is 0. The predicted molar refractivity (Wildman–Crippen MR) is 98.0 cm³/mol. The highest BCUT2D eigenvalue weighted by atomic mass is 16.2. The molecule has 130 valence electrons. The average Bonchev–Trinajstić information content (AvgIpc) is 2.96. The van der Waals surface area contributed by atoms with E-state index in [0.717, 1.165) is 30.0 Å². The molecule has 1 unspecified atom stereocenters. The van der Waals surface area contributed by atoms with Gasteiger partial charge in [-0.1, -0.05) is 39.3 Å². The van der Waals surface area contributed by atoms with Crippen molar-refractivity contribution in [1.29, 1.82) is 0 Å². The van der Waals surface area contributed by atoms with Crippen molar-refractivity contribution < 1.29 is 4.79 Å². The number of nitrogens with two attached hydrogens (primary N) is 1. The highest BCUT2D eigenvalue weighted by molar-refractivity contribution is 5.97. The zero-order valence-electron chi connectivity index (χ0n) is 15.0. The van der Waals surface area contributed by atoms with Crippen LogP contribution in [-0.2, 0) is 11.3 Å². The number of aromatic nitrogens is 2.